The maximum absolute atomic E-state index is 6.07. The first kappa shape index (κ1) is 14.9. The zero-order valence-electron chi connectivity index (χ0n) is 13.5. The van der Waals surface area contributed by atoms with Gasteiger partial charge in [0.05, 0.1) is 24.9 Å². The lowest BCUT2D eigenvalue weighted by atomic mass is 10.1. The molecule has 118 valence electrons. The zero-order valence-corrected chi connectivity index (χ0v) is 13.5. The second-order valence-corrected chi connectivity index (χ2v) is 6.89. The number of methoxy groups -OCH3 is 1. The molecule has 6 heteroatoms. The Morgan fingerprint density at radius 3 is 2.76 bits per heavy atom. The van der Waals surface area contributed by atoms with E-state index in [9.17, 15) is 0 Å². The fourth-order valence-electron chi connectivity index (χ4n) is 3.34. The SMILES string of the molecule is COCC1CN(Cc2nnc(C)n2C2CC2)CC(C)(C)O1. The van der Waals surface area contributed by atoms with Gasteiger partial charge in [0.2, 0.25) is 0 Å². The molecule has 1 aliphatic heterocycles. The minimum Gasteiger partial charge on any atom is -0.382 e. The van der Waals surface area contributed by atoms with Gasteiger partial charge in [-0.1, -0.05) is 0 Å². The summed E-state index contributed by atoms with van der Waals surface area (Å²) in [6.45, 7) is 9.58. The zero-order chi connectivity index (χ0) is 15.0. The van der Waals surface area contributed by atoms with Crippen molar-refractivity contribution in [3.05, 3.63) is 11.6 Å². The van der Waals surface area contributed by atoms with E-state index in [-0.39, 0.29) is 11.7 Å². The van der Waals surface area contributed by atoms with Gasteiger partial charge < -0.3 is 14.0 Å². The lowest BCUT2D eigenvalue weighted by molar-refractivity contribution is -0.154. The maximum atomic E-state index is 6.07. The van der Waals surface area contributed by atoms with E-state index in [1.165, 1.54) is 12.8 Å². The Bertz CT molecular complexity index is 496. The first-order valence-electron chi connectivity index (χ1n) is 7.78. The van der Waals surface area contributed by atoms with Crippen LogP contribution >= 0.6 is 0 Å². The van der Waals surface area contributed by atoms with Crippen LogP contribution in [0.3, 0.4) is 0 Å². The monoisotopic (exact) mass is 294 g/mol. The predicted octanol–water partition coefficient (Wildman–Crippen LogP) is 1.55. The van der Waals surface area contributed by atoms with Gasteiger partial charge in [0.25, 0.3) is 0 Å². The normalized spacial score (nSPS) is 26.2. The summed E-state index contributed by atoms with van der Waals surface area (Å²) in [5.41, 5.74) is -0.152. The van der Waals surface area contributed by atoms with Gasteiger partial charge in [0.15, 0.2) is 0 Å². The molecule has 1 saturated heterocycles. The third-order valence-electron chi connectivity index (χ3n) is 4.12. The predicted molar refractivity (Wildman–Crippen MR) is 79.1 cm³/mol. The molecule has 1 unspecified atom stereocenters. The van der Waals surface area contributed by atoms with Gasteiger partial charge in [-0.25, -0.2) is 0 Å². The topological polar surface area (TPSA) is 52.4 Å². The van der Waals surface area contributed by atoms with Crippen molar-refractivity contribution < 1.29 is 9.47 Å². The molecule has 2 heterocycles. The molecular weight excluding hydrogens is 268 g/mol. The summed E-state index contributed by atoms with van der Waals surface area (Å²) < 4.78 is 13.6. The van der Waals surface area contributed by atoms with Crippen molar-refractivity contribution in [2.45, 2.75) is 57.9 Å². The molecule has 3 rings (SSSR count). The molecule has 2 fully saturated rings. The van der Waals surface area contributed by atoms with Crippen molar-refractivity contribution in [2.24, 2.45) is 0 Å². The lowest BCUT2D eigenvalue weighted by Crippen LogP contribution is -2.53. The number of ether oxygens (including phenoxy) is 2. The minimum atomic E-state index is -0.152. The molecule has 1 saturated carbocycles. The van der Waals surface area contributed by atoms with Gasteiger partial charge in [0, 0.05) is 26.2 Å². The molecule has 21 heavy (non-hydrogen) atoms. The van der Waals surface area contributed by atoms with Crippen LogP contribution in [0.25, 0.3) is 0 Å². The fourth-order valence-corrected chi connectivity index (χ4v) is 3.34. The number of rotatable bonds is 5. The molecule has 0 N–H and O–H groups in total. The standard InChI is InChI=1S/C15H26N4O2/c1-11-16-17-14(19(11)12-5-6-12)8-18-7-13(9-20-4)21-15(2,3)10-18/h12-13H,5-10H2,1-4H3. The molecule has 1 aliphatic carbocycles. The van der Waals surface area contributed by atoms with Crippen molar-refractivity contribution >= 4 is 0 Å². The maximum Gasteiger partial charge on any atom is 0.147 e. The summed E-state index contributed by atoms with van der Waals surface area (Å²) in [7, 11) is 1.72. The van der Waals surface area contributed by atoms with E-state index in [4.69, 9.17) is 9.47 Å². The molecule has 0 bridgehead atoms. The third-order valence-corrected chi connectivity index (χ3v) is 4.12. The molecule has 0 radical (unpaired) electrons. The molecule has 1 aromatic rings. The second kappa shape index (κ2) is 5.66. The molecule has 6 nitrogen and oxygen atoms in total. The van der Waals surface area contributed by atoms with Crippen LogP contribution in [0.15, 0.2) is 0 Å². The van der Waals surface area contributed by atoms with Gasteiger partial charge in [-0.15, -0.1) is 10.2 Å². The highest BCUT2D eigenvalue weighted by molar-refractivity contribution is 5.02. The van der Waals surface area contributed by atoms with E-state index in [1.54, 1.807) is 7.11 Å². The largest absolute Gasteiger partial charge is 0.382 e. The molecular formula is C15H26N4O2. The summed E-state index contributed by atoms with van der Waals surface area (Å²) in [5.74, 6) is 2.12. The van der Waals surface area contributed by atoms with Gasteiger partial charge >= 0.3 is 0 Å². The Hall–Kier alpha value is -0.980. The highest BCUT2D eigenvalue weighted by atomic mass is 16.5. The van der Waals surface area contributed by atoms with Crippen LogP contribution in [0.5, 0.6) is 0 Å². The fraction of sp³-hybridized carbons (Fsp3) is 0.867. The van der Waals surface area contributed by atoms with Crippen molar-refractivity contribution in [1.82, 2.24) is 19.7 Å². The molecule has 0 amide bonds. The van der Waals surface area contributed by atoms with E-state index in [2.05, 4.69) is 33.5 Å². The van der Waals surface area contributed by atoms with E-state index in [0.717, 1.165) is 31.3 Å². The summed E-state index contributed by atoms with van der Waals surface area (Å²) in [5, 5.41) is 8.65. The Morgan fingerprint density at radius 2 is 2.10 bits per heavy atom. The van der Waals surface area contributed by atoms with Crippen molar-refractivity contribution in [3.8, 4) is 0 Å². The van der Waals surface area contributed by atoms with Crippen LogP contribution in [0.4, 0.5) is 0 Å². The van der Waals surface area contributed by atoms with Crippen LogP contribution in [-0.4, -0.2) is 58.2 Å². The summed E-state index contributed by atoms with van der Waals surface area (Å²) in [4.78, 5) is 2.41. The van der Waals surface area contributed by atoms with Gasteiger partial charge in [0.1, 0.15) is 11.6 Å². The van der Waals surface area contributed by atoms with Crippen molar-refractivity contribution in [3.63, 3.8) is 0 Å². The van der Waals surface area contributed by atoms with Crippen LogP contribution < -0.4 is 0 Å². The number of aryl methyl sites for hydroxylation is 1. The van der Waals surface area contributed by atoms with E-state index < -0.39 is 0 Å². The lowest BCUT2D eigenvalue weighted by Gasteiger charge is -2.42. The Kier molecular flexibility index (Phi) is 4.03. The number of nitrogens with zero attached hydrogens (tertiary/aromatic N) is 4. The van der Waals surface area contributed by atoms with Gasteiger partial charge in [-0.2, -0.15) is 0 Å². The van der Waals surface area contributed by atoms with Gasteiger partial charge in [-0.05, 0) is 33.6 Å². The highest BCUT2D eigenvalue weighted by Crippen LogP contribution is 2.36. The summed E-state index contributed by atoms with van der Waals surface area (Å²) in [6.07, 6.45) is 2.64. The molecule has 1 atom stereocenters. The average Bonchev–Trinajstić information content (AvgIpc) is 3.14. The highest BCUT2D eigenvalue weighted by Gasteiger charge is 2.35. The van der Waals surface area contributed by atoms with E-state index in [0.29, 0.717) is 12.6 Å². The number of aromatic nitrogens is 3. The second-order valence-electron chi connectivity index (χ2n) is 6.89. The molecule has 0 aromatic carbocycles. The molecule has 1 aromatic heterocycles. The number of hydrogen-bond donors (Lipinski definition) is 0. The third kappa shape index (κ3) is 3.44. The van der Waals surface area contributed by atoms with Crippen LogP contribution in [0.2, 0.25) is 0 Å². The van der Waals surface area contributed by atoms with E-state index >= 15 is 0 Å². The quantitative estimate of drug-likeness (QED) is 0.824. The van der Waals surface area contributed by atoms with Crippen LogP contribution in [0, 0.1) is 6.92 Å². The number of morpholine rings is 1. The molecule has 2 aliphatic rings. The van der Waals surface area contributed by atoms with Crippen molar-refractivity contribution in [2.75, 3.05) is 26.8 Å². The first-order chi connectivity index (χ1) is 9.98. The average molecular weight is 294 g/mol. The summed E-state index contributed by atoms with van der Waals surface area (Å²) >= 11 is 0. The minimum absolute atomic E-state index is 0.122. The van der Waals surface area contributed by atoms with Crippen LogP contribution in [-0.2, 0) is 16.0 Å². The Morgan fingerprint density at radius 1 is 1.33 bits per heavy atom. The van der Waals surface area contributed by atoms with Crippen LogP contribution in [0.1, 0.15) is 44.4 Å². The van der Waals surface area contributed by atoms with E-state index in [1.807, 2.05) is 6.92 Å². The smallest absolute Gasteiger partial charge is 0.147 e. The van der Waals surface area contributed by atoms with Crippen molar-refractivity contribution in [1.29, 1.82) is 0 Å². The Labute approximate surface area is 126 Å². The summed E-state index contributed by atoms with van der Waals surface area (Å²) in [6, 6.07) is 0.624. The Balaban J connectivity index is 1.71. The van der Waals surface area contributed by atoms with Gasteiger partial charge in [-0.3, -0.25) is 4.90 Å². The molecule has 0 spiro atoms. The number of hydrogen-bond acceptors (Lipinski definition) is 5. The first-order valence-corrected chi connectivity index (χ1v) is 7.78.